The van der Waals surface area contributed by atoms with Gasteiger partial charge in [0.2, 0.25) is 0 Å². The SMILES string of the molecule is O=C(Nc1ccc2c3c(cccc13)CC2)c1ccc(-c2cccc(F)c2)o1. The molecular formula is C23H16FNO2. The van der Waals surface area contributed by atoms with Crippen LogP contribution < -0.4 is 5.32 Å². The highest BCUT2D eigenvalue weighted by molar-refractivity contribution is 6.09. The van der Waals surface area contributed by atoms with Gasteiger partial charge in [0.1, 0.15) is 11.6 Å². The van der Waals surface area contributed by atoms with Crippen molar-refractivity contribution in [2.75, 3.05) is 5.32 Å². The number of carbonyl (C=O) groups is 1. The van der Waals surface area contributed by atoms with Crippen LogP contribution in [-0.4, -0.2) is 5.91 Å². The van der Waals surface area contributed by atoms with Gasteiger partial charge in [-0.3, -0.25) is 4.79 Å². The van der Waals surface area contributed by atoms with E-state index < -0.39 is 0 Å². The van der Waals surface area contributed by atoms with Gasteiger partial charge in [-0.25, -0.2) is 4.39 Å². The van der Waals surface area contributed by atoms with Crippen LogP contribution >= 0.6 is 0 Å². The van der Waals surface area contributed by atoms with Gasteiger partial charge in [0, 0.05) is 16.6 Å². The van der Waals surface area contributed by atoms with Crippen LogP contribution in [0.25, 0.3) is 22.1 Å². The van der Waals surface area contributed by atoms with Crippen LogP contribution in [0.15, 0.2) is 71.1 Å². The maximum atomic E-state index is 13.4. The zero-order valence-electron chi connectivity index (χ0n) is 14.5. The molecule has 1 amide bonds. The molecule has 0 spiro atoms. The van der Waals surface area contributed by atoms with Gasteiger partial charge in [0.15, 0.2) is 5.76 Å². The Labute approximate surface area is 155 Å². The number of nitrogens with one attached hydrogen (secondary N) is 1. The van der Waals surface area contributed by atoms with E-state index in [0.29, 0.717) is 11.3 Å². The van der Waals surface area contributed by atoms with Crippen LogP contribution in [0.4, 0.5) is 10.1 Å². The Hall–Kier alpha value is -3.40. The Bertz CT molecular complexity index is 1180. The first kappa shape index (κ1) is 15.8. The van der Waals surface area contributed by atoms with E-state index in [1.54, 1.807) is 24.3 Å². The van der Waals surface area contributed by atoms with Crippen LogP contribution in [-0.2, 0) is 12.8 Å². The number of benzene rings is 3. The van der Waals surface area contributed by atoms with Gasteiger partial charge in [-0.05, 0) is 59.7 Å². The molecule has 1 heterocycles. The lowest BCUT2D eigenvalue weighted by Crippen LogP contribution is -2.11. The second kappa shape index (κ2) is 6.09. The van der Waals surface area contributed by atoms with E-state index in [1.807, 2.05) is 18.2 Å². The molecule has 0 atom stereocenters. The summed E-state index contributed by atoms with van der Waals surface area (Å²) in [7, 11) is 0. The highest BCUT2D eigenvalue weighted by atomic mass is 19.1. The Morgan fingerprint density at radius 2 is 1.74 bits per heavy atom. The molecule has 1 aliphatic carbocycles. The Morgan fingerprint density at radius 1 is 0.926 bits per heavy atom. The molecule has 4 heteroatoms. The summed E-state index contributed by atoms with van der Waals surface area (Å²) < 4.78 is 19.1. The predicted molar refractivity (Wildman–Crippen MR) is 103 cm³/mol. The van der Waals surface area contributed by atoms with E-state index in [-0.39, 0.29) is 17.5 Å². The molecule has 3 nitrogen and oxygen atoms in total. The van der Waals surface area contributed by atoms with Crippen molar-refractivity contribution in [3.05, 3.63) is 89.4 Å². The molecule has 0 saturated heterocycles. The number of hydrogen-bond donors (Lipinski definition) is 1. The maximum Gasteiger partial charge on any atom is 0.291 e. The molecule has 0 radical (unpaired) electrons. The minimum absolute atomic E-state index is 0.192. The van der Waals surface area contributed by atoms with E-state index in [0.717, 1.165) is 23.9 Å². The topological polar surface area (TPSA) is 42.2 Å². The number of amides is 1. The van der Waals surface area contributed by atoms with E-state index in [2.05, 4.69) is 17.4 Å². The van der Waals surface area contributed by atoms with Crippen LogP contribution in [0.2, 0.25) is 0 Å². The molecule has 0 saturated carbocycles. The zero-order valence-corrected chi connectivity index (χ0v) is 14.5. The maximum absolute atomic E-state index is 13.4. The number of aryl methyl sites for hydroxylation is 2. The largest absolute Gasteiger partial charge is 0.451 e. The van der Waals surface area contributed by atoms with Crippen molar-refractivity contribution in [1.82, 2.24) is 0 Å². The first-order valence-corrected chi connectivity index (χ1v) is 8.90. The Balaban J connectivity index is 1.46. The Kier molecular flexibility index (Phi) is 3.57. The summed E-state index contributed by atoms with van der Waals surface area (Å²) in [6.07, 6.45) is 2.08. The zero-order chi connectivity index (χ0) is 18.4. The molecule has 0 unspecified atom stereocenters. The molecule has 1 aliphatic rings. The van der Waals surface area contributed by atoms with Gasteiger partial charge in [-0.15, -0.1) is 0 Å². The third-order valence-corrected chi connectivity index (χ3v) is 5.06. The number of rotatable bonds is 3. The lowest BCUT2D eigenvalue weighted by Gasteiger charge is -2.09. The minimum Gasteiger partial charge on any atom is -0.451 e. The molecule has 3 aromatic carbocycles. The molecule has 1 N–H and O–H groups in total. The molecular weight excluding hydrogens is 341 g/mol. The molecule has 132 valence electrons. The molecule has 1 aromatic heterocycles. The van der Waals surface area contributed by atoms with Crippen molar-refractivity contribution in [1.29, 1.82) is 0 Å². The van der Waals surface area contributed by atoms with E-state index in [9.17, 15) is 9.18 Å². The average Bonchev–Trinajstić information content (AvgIpc) is 3.33. The number of anilines is 1. The lowest BCUT2D eigenvalue weighted by atomic mass is 10.0. The second-order valence-corrected chi connectivity index (χ2v) is 6.74. The summed E-state index contributed by atoms with van der Waals surface area (Å²) in [6, 6.07) is 19.6. The number of hydrogen-bond acceptors (Lipinski definition) is 2. The van der Waals surface area contributed by atoms with Gasteiger partial charge in [0.05, 0.1) is 0 Å². The highest BCUT2D eigenvalue weighted by Crippen LogP contribution is 2.35. The van der Waals surface area contributed by atoms with Crippen LogP contribution in [0, 0.1) is 5.82 Å². The standard InChI is InChI=1S/C23H16FNO2/c24-17-5-1-4-16(13-17)20-11-12-21(27-20)23(26)25-19-10-9-15-8-7-14-3-2-6-18(19)22(14)15/h1-6,9-13H,7-8H2,(H,25,26). The molecule has 27 heavy (non-hydrogen) atoms. The summed E-state index contributed by atoms with van der Waals surface area (Å²) in [5.41, 5.74) is 4.01. The van der Waals surface area contributed by atoms with Gasteiger partial charge >= 0.3 is 0 Å². The normalized spacial score (nSPS) is 12.5. The average molecular weight is 357 g/mol. The van der Waals surface area contributed by atoms with Crippen molar-refractivity contribution in [3.63, 3.8) is 0 Å². The van der Waals surface area contributed by atoms with Crippen molar-refractivity contribution < 1.29 is 13.6 Å². The lowest BCUT2D eigenvalue weighted by molar-refractivity contribution is 0.0997. The molecule has 4 aromatic rings. The first-order valence-electron chi connectivity index (χ1n) is 8.90. The summed E-state index contributed by atoms with van der Waals surface area (Å²) in [4.78, 5) is 12.7. The summed E-state index contributed by atoms with van der Waals surface area (Å²) in [6.45, 7) is 0. The minimum atomic E-state index is -0.345. The van der Waals surface area contributed by atoms with E-state index in [4.69, 9.17) is 4.42 Å². The number of carbonyl (C=O) groups excluding carboxylic acids is 1. The molecule has 0 fully saturated rings. The summed E-state index contributed by atoms with van der Waals surface area (Å²) in [5.74, 6) is -0.0169. The summed E-state index contributed by atoms with van der Waals surface area (Å²) >= 11 is 0. The fraction of sp³-hybridized carbons (Fsp3) is 0.0870. The fourth-order valence-electron chi connectivity index (χ4n) is 3.80. The van der Waals surface area contributed by atoms with Crippen molar-refractivity contribution in [3.8, 4) is 11.3 Å². The summed E-state index contributed by atoms with van der Waals surface area (Å²) in [5, 5.41) is 5.25. The predicted octanol–water partition coefficient (Wildman–Crippen LogP) is 5.59. The van der Waals surface area contributed by atoms with Crippen molar-refractivity contribution >= 4 is 22.4 Å². The third kappa shape index (κ3) is 2.70. The van der Waals surface area contributed by atoms with Crippen molar-refractivity contribution in [2.24, 2.45) is 0 Å². The quantitative estimate of drug-likeness (QED) is 0.519. The second-order valence-electron chi connectivity index (χ2n) is 6.74. The molecule has 0 bridgehead atoms. The highest BCUT2D eigenvalue weighted by Gasteiger charge is 2.18. The van der Waals surface area contributed by atoms with Gasteiger partial charge < -0.3 is 9.73 Å². The van der Waals surface area contributed by atoms with Gasteiger partial charge in [0.25, 0.3) is 5.91 Å². The van der Waals surface area contributed by atoms with E-state index >= 15 is 0 Å². The fourth-order valence-corrected chi connectivity index (χ4v) is 3.80. The third-order valence-electron chi connectivity index (χ3n) is 5.06. The van der Waals surface area contributed by atoms with Crippen LogP contribution in [0.5, 0.6) is 0 Å². The monoisotopic (exact) mass is 357 g/mol. The molecule has 0 aliphatic heterocycles. The smallest absolute Gasteiger partial charge is 0.291 e. The number of furan rings is 1. The van der Waals surface area contributed by atoms with E-state index in [1.165, 1.54) is 28.6 Å². The van der Waals surface area contributed by atoms with Gasteiger partial charge in [-0.1, -0.05) is 36.4 Å². The number of halogens is 1. The first-order chi connectivity index (χ1) is 13.2. The van der Waals surface area contributed by atoms with Gasteiger partial charge in [-0.2, -0.15) is 0 Å². The van der Waals surface area contributed by atoms with Crippen LogP contribution in [0.3, 0.4) is 0 Å². The van der Waals surface area contributed by atoms with Crippen LogP contribution in [0.1, 0.15) is 21.7 Å². The Morgan fingerprint density at radius 3 is 2.59 bits per heavy atom. The van der Waals surface area contributed by atoms with Crippen molar-refractivity contribution in [2.45, 2.75) is 12.8 Å². The molecule has 5 rings (SSSR count).